The maximum absolute atomic E-state index is 11.3. The van der Waals surface area contributed by atoms with Crippen molar-refractivity contribution < 1.29 is 19.1 Å². The molecule has 1 fully saturated rings. The zero-order valence-electron chi connectivity index (χ0n) is 11.2. The van der Waals surface area contributed by atoms with Crippen LogP contribution >= 0.6 is 0 Å². The first-order chi connectivity index (χ1) is 9.18. The lowest BCUT2D eigenvalue weighted by molar-refractivity contribution is -0.145. The second-order valence-corrected chi connectivity index (χ2v) is 4.33. The predicted octanol–water partition coefficient (Wildman–Crippen LogP) is 0.687. The summed E-state index contributed by atoms with van der Waals surface area (Å²) in [6.45, 7) is 5.97. The van der Waals surface area contributed by atoms with Gasteiger partial charge in [0.15, 0.2) is 0 Å². The minimum Gasteiger partial charge on any atom is -0.466 e. The lowest BCUT2D eigenvalue weighted by Crippen LogP contribution is -2.28. The average molecular weight is 270 g/mol. The lowest BCUT2D eigenvalue weighted by atomic mass is 10.2. The molecule has 6 heteroatoms. The molecular formula is C13H22N2O4. The van der Waals surface area contributed by atoms with E-state index in [1.807, 2.05) is 0 Å². The van der Waals surface area contributed by atoms with Gasteiger partial charge in [-0.3, -0.25) is 9.59 Å². The maximum Gasteiger partial charge on any atom is 0.305 e. The largest absolute Gasteiger partial charge is 0.466 e. The summed E-state index contributed by atoms with van der Waals surface area (Å²) in [5, 5.41) is 6.17. The first kappa shape index (κ1) is 15.3. The second-order valence-electron chi connectivity index (χ2n) is 4.33. The number of rotatable bonds is 0. The van der Waals surface area contributed by atoms with Crippen molar-refractivity contribution in [1.29, 1.82) is 0 Å². The van der Waals surface area contributed by atoms with Gasteiger partial charge in [-0.2, -0.15) is 0 Å². The minimum atomic E-state index is -0.267. The Morgan fingerprint density at radius 3 is 1.79 bits per heavy atom. The van der Waals surface area contributed by atoms with E-state index in [1.54, 1.807) is 0 Å². The van der Waals surface area contributed by atoms with Crippen molar-refractivity contribution in [2.45, 2.75) is 32.1 Å². The van der Waals surface area contributed by atoms with E-state index in [9.17, 15) is 9.59 Å². The first-order valence-corrected chi connectivity index (χ1v) is 6.66. The summed E-state index contributed by atoms with van der Waals surface area (Å²) >= 11 is 0. The predicted molar refractivity (Wildman–Crippen MR) is 70.1 cm³/mol. The molecular weight excluding hydrogens is 248 g/mol. The number of nitrogens with one attached hydrogen (secondary N) is 2. The third-order valence-corrected chi connectivity index (χ3v) is 2.61. The van der Waals surface area contributed by atoms with Crippen molar-refractivity contribution in [2.24, 2.45) is 0 Å². The fraction of sp³-hybridized carbons (Fsp3) is 0.692. The molecule has 0 saturated carbocycles. The van der Waals surface area contributed by atoms with Gasteiger partial charge in [-0.1, -0.05) is 6.58 Å². The summed E-state index contributed by atoms with van der Waals surface area (Å²) < 4.78 is 10.1. The third kappa shape index (κ3) is 8.07. The molecule has 0 atom stereocenters. The smallest absolute Gasteiger partial charge is 0.305 e. The van der Waals surface area contributed by atoms with Gasteiger partial charge in [0.05, 0.1) is 19.0 Å². The van der Waals surface area contributed by atoms with Crippen LogP contribution in [0.25, 0.3) is 0 Å². The van der Waals surface area contributed by atoms with Crippen molar-refractivity contribution in [3.8, 4) is 0 Å². The number of ether oxygens (including phenoxy) is 2. The summed E-state index contributed by atoms with van der Waals surface area (Å²) in [5.74, 6) is 0.193. The minimum absolute atomic E-state index is 0.261. The van der Waals surface area contributed by atoms with Gasteiger partial charge in [-0.25, -0.2) is 0 Å². The van der Waals surface area contributed by atoms with E-state index in [2.05, 4.69) is 17.2 Å². The molecule has 1 saturated heterocycles. The molecule has 6 nitrogen and oxygen atoms in total. The van der Waals surface area contributed by atoms with Crippen LogP contribution in [-0.4, -0.2) is 38.2 Å². The summed E-state index contributed by atoms with van der Waals surface area (Å²) in [6.07, 6.45) is 2.46. The van der Waals surface area contributed by atoms with E-state index in [0.29, 0.717) is 32.7 Å². The molecule has 0 amide bonds. The van der Waals surface area contributed by atoms with E-state index >= 15 is 0 Å². The van der Waals surface area contributed by atoms with Gasteiger partial charge in [0, 0.05) is 25.9 Å². The molecule has 1 aliphatic rings. The first-order valence-electron chi connectivity index (χ1n) is 6.66. The molecule has 1 heterocycles. The van der Waals surface area contributed by atoms with Crippen molar-refractivity contribution in [2.75, 3.05) is 26.3 Å². The molecule has 0 aromatic heterocycles. The molecule has 2 N–H and O–H groups in total. The highest BCUT2D eigenvalue weighted by molar-refractivity contribution is 5.72. The Kier molecular flexibility index (Phi) is 7.46. The Balaban J connectivity index is 2.32. The van der Waals surface area contributed by atoms with Gasteiger partial charge >= 0.3 is 11.9 Å². The van der Waals surface area contributed by atoms with Crippen LogP contribution in [0.5, 0.6) is 0 Å². The molecule has 0 aromatic rings. The standard InChI is InChI=1S/C13H22N2O4/c1-11-14-7-3-9-18-12(16)5-2-6-13(17)19-10-4-8-15-11/h14-15H,1-10H2. The van der Waals surface area contributed by atoms with E-state index in [1.165, 1.54) is 0 Å². The highest BCUT2D eigenvalue weighted by atomic mass is 16.5. The van der Waals surface area contributed by atoms with Crippen LogP contribution in [0.3, 0.4) is 0 Å². The van der Waals surface area contributed by atoms with Crippen molar-refractivity contribution >= 4 is 11.9 Å². The summed E-state index contributed by atoms with van der Waals surface area (Å²) in [7, 11) is 0. The Labute approximate surface area is 113 Å². The third-order valence-electron chi connectivity index (χ3n) is 2.61. The van der Waals surface area contributed by atoms with Crippen molar-refractivity contribution in [3.63, 3.8) is 0 Å². The van der Waals surface area contributed by atoms with Gasteiger partial charge in [0.25, 0.3) is 0 Å². The molecule has 0 radical (unpaired) electrons. The quantitative estimate of drug-likeness (QED) is 0.631. The number of hydrogen-bond acceptors (Lipinski definition) is 6. The lowest BCUT2D eigenvalue weighted by Gasteiger charge is -2.13. The fourth-order valence-corrected chi connectivity index (χ4v) is 1.58. The van der Waals surface area contributed by atoms with Gasteiger partial charge in [-0.05, 0) is 19.3 Å². The van der Waals surface area contributed by atoms with E-state index < -0.39 is 0 Å². The average Bonchev–Trinajstić information content (AvgIpc) is 2.37. The zero-order valence-corrected chi connectivity index (χ0v) is 11.2. The Bertz CT molecular complexity index is 290. The highest BCUT2D eigenvalue weighted by Crippen LogP contribution is 2.01. The molecule has 0 bridgehead atoms. The summed E-state index contributed by atoms with van der Waals surface area (Å²) in [5.41, 5.74) is 0. The van der Waals surface area contributed by atoms with Crippen LogP contribution in [0.15, 0.2) is 12.4 Å². The Morgan fingerprint density at radius 1 is 0.842 bits per heavy atom. The monoisotopic (exact) mass is 270 g/mol. The molecule has 19 heavy (non-hydrogen) atoms. The molecule has 108 valence electrons. The van der Waals surface area contributed by atoms with Crippen molar-refractivity contribution in [3.05, 3.63) is 12.4 Å². The number of carbonyl (C=O) groups excluding carboxylic acids is 2. The molecule has 0 unspecified atom stereocenters. The van der Waals surface area contributed by atoms with Gasteiger partial charge in [0.1, 0.15) is 0 Å². The number of hydrogen-bond donors (Lipinski definition) is 2. The van der Waals surface area contributed by atoms with Crippen LogP contribution < -0.4 is 10.6 Å². The van der Waals surface area contributed by atoms with Gasteiger partial charge < -0.3 is 20.1 Å². The summed E-state index contributed by atoms with van der Waals surface area (Å²) in [6, 6.07) is 0. The molecule has 0 aromatic carbocycles. The van der Waals surface area contributed by atoms with Crippen LogP contribution in [0.1, 0.15) is 32.1 Å². The maximum atomic E-state index is 11.3. The van der Waals surface area contributed by atoms with Crippen LogP contribution in [-0.2, 0) is 19.1 Å². The van der Waals surface area contributed by atoms with Crippen LogP contribution in [0.2, 0.25) is 0 Å². The Morgan fingerprint density at radius 2 is 1.32 bits per heavy atom. The van der Waals surface area contributed by atoms with Crippen LogP contribution in [0, 0.1) is 0 Å². The van der Waals surface area contributed by atoms with Gasteiger partial charge in [-0.15, -0.1) is 0 Å². The molecule has 1 aliphatic heterocycles. The SMILES string of the molecule is C=C1NCCCOC(=O)CCCC(=O)OCCCN1. The fourth-order valence-electron chi connectivity index (χ4n) is 1.58. The van der Waals surface area contributed by atoms with Crippen molar-refractivity contribution in [1.82, 2.24) is 10.6 Å². The molecule has 0 spiro atoms. The normalized spacial score (nSPS) is 20.7. The van der Waals surface area contributed by atoms with E-state index in [-0.39, 0.29) is 24.8 Å². The molecule has 0 aliphatic carbocycles. The highest BCUT2D eigenvalue weighted by Gasteiger charge is 2.07. The molecule has 1 rings (SSSR count). The van der Waals surface area contributed by atoms with E-state index in [0.717, 1.165) is 18.7 Å². The van der Waals surface area contributed by atoms with Crippen LogP contribution in [0.4, 0.5) is 0 Å². The summed E-state index contributed by atoms with van der Waals surface area (Å²) in [4.78, 5) is 22.6. The second kappa shape index (κ2) is 9.24. The zero-order chi connectivity index (χ0) is 13.9. The number of cyclic esters (lactones) is 2. The Hall–Kier alpha value is -1.72. The number of carbonyl (C=O) groups is 2. The number of esters is 2. The van der Waals surface area contributed by atoms with Gasteiger partial charge in [0.2, 0.25) is 0 Å². The topological polar surface area (TPSA) is 76.7 Å². The van der Waals surface area contributed by atoms with E-state index in [4.69, 9.17) is 9.47 Å².